The summed E-state index contributed by atoms with van der Waals surface area (Å²) in [6.07, 6.45) is 0. The zero-order valence-corrected chi connectivity index (χ0v) is 10.3. The molecule has 0 N–H and O–H groups in total. The molecule has 0 saturated carbocycles. The Bertz CT molecular complexity index is 623. The molecule has 0 aliphatic heterocycles. The van der Waals surface area contributed by atoms with Gasteiger partial charge >= 0.3 is 0 Å². The first-order valence-electron chi connectivity index (χ1n) is 5.25. The molecule has 1 nitrogen and oxygen atoms in total. The van der Waals surface area contributed by atoms with Crippen molar-refractivity contribution in [3.05, 3.63) is 58.6 Å². The summed E-state index contributed by atoms with van der Waals surface area (Å²) in [7, 11) is 0. The van der Waals surface area contributed by atoms with E-state index >= 15 is 0 Å². The maximum atomic E-state index is 13.6. The third kappa shape index (κ3) is 2.41. The van der Waals surface area contributed by atoms with Gasteiger partial charge in [-0.05, 0) is 42.8 Å². The van der Waals surface area contributed by atoms with Crippen molar-refractivity contribution in [3.63, 3.8) is 0 Å². The van der Waals surface area contributed by atoms with E-state index in [9.17, 15) is 13.6 Å². The average molecular weight is 267 g/mol. The Labute approximate surface area is 108 Å². The van der Waals surface area contributed by atoms with E-state index in [1.807, 2.05) is 0 Å². The highest BCUT2D eigenvalue weighted by atomic mass is 35.5. The SMILES string of the molecule is CC(=O)c1ccc(-c2cc(F)ccc2F)cc1Cl. The van der Waals surface area contributed by atoms with Crippen LogP contribution in [0, 0.1) is 11.6 Å². The van der Waals surface area contributed by atoms with E-state index in [2.05, 4.69) is 0 Å². The number of carbonyl (C=O) groups excluding carboxylic acids is 1. The van der Waals surface area contributed by atoms with Crippen LogP contribution in [0.25, 0.3) is 11.1 Å². The highest BCUT2D eigenvalue weighted by Crippen LogP contribution is 2.28. The summed E-state index contributed by atoms with van der Waals surface area (Å²) >= 11 is 5.93. The third-order valence-corrected chi connectivity index (χ3v) is 2.90. The van der Waals surface area contributed by atoms with Gasteiger partial charge in [0, 0.05) is 11.1 Å². The van der Waals surface area contributed by atoms with Crippen LogP contribution in [0.5, 0.6) is 0 Å². The van der Waals surface area contributed by atoms with Gasteiger partial charge in [0.05, 0.1) is 5.02 Å². The van der Waals surface area contributed by atoms with Crippen LogP contribution in [0.4, 0.5) is 8.78 Å². The fourth-order valence-corrected chi connectivity index (χ4v) is 2.00. The molecule has 0 unspecified atom stereocenters. The number of hydrogen-bond donors (Lipinski definition) is 0. The van der Waals surface area contributed by atoms with Crippen molar-refractivity contribution in [1.82, 2.24) is 0 Å². The summed E-state index contributed by atoms with van der Waals surface area (Å²) in [5, 5.41) is 0.226. The van der Waals surface area contributed by atoms with Crippen LogP contribution in [0.15, 0.2) is 36.4 Å². The second-order valence-corrected chi connectivity index (χ2v) is 4.28. The monoisotopic (exact) mass is 266 g/mol. The van der Waals surface area contributed by atoms with Crippen molar-refractivity contribution in [2.24, 2.45) is 0 Å². The van der Waals surface area contributed by atoms with Crippen LogP contribution < -0.4 is 0 Å². The maximum Gasteiger partial charge on any atom is 0.161 e. The van der Waals surface area contributed by atoms with Crippen molar-refractivity contribution >= 4 is 17.4 Å². The Morgan fingerprint density at radius 3 is 2.44 bits per heavy atom. The minimum absolute atomic E-state index is 0.118. The lowest BCUT2D eigenvalue weighted by Gasteiger charge is -2.06. The largest absolute Gasteiger partial charge is 0.294 e. The molecule has 0 aliphatic carbocycles. The van der Waals surface area contributed by atoms with E-state index in [-0.39, 0.29) is 16.4 Å². The van der Waals surface area contributed by atoms with Crippen LogP contribution in [0.1, 0.15) is 17.3 Å². The number of halogens is 3. The second kappa shape index (κ2) is 4.86. The normalized spacial score (nSPS) is 10.4. The summed E-state index contributed by atoms with van der Waals surface area (Å²) in [5.74, 6) is -1.24. The molecule has 0 bridgehead atoms. The fourth-order valence-electron chi connectivity index (χ4n) is 1.69. The zero-order valence-electron chi connectivity index (χ0n) is 9.51. The highest BCUT2D eigenvalue weighted by Gasteiger charge is 2.10. The molecule has 2 aromatic carbocycles. The van der Waals surface area contributed by atoms with Gasteiger partial charge in [-0.15, -0.1) is 0 Å². The van der Waals surface area contributed by atoms with Gasteiger partial charge in [-0.2, -0.15) is 0 Å². The number of carbonyl (C=O) groups is 1. The number of hydrogen-bond acceptors (Lipinski definition) is 1. The van der Waals surface area contributed by atoms with Gasteiger partial charge in [0.1, 0.15) is 11.6 Å². The van der Waals surface area contributed by atoms with E-state index in [0.29, 0.717) is 11.1 Å². The minimum Gasteiger partial charge on any atom is -0.294 e. The summed E-state index contributed by atoms with van der Waals surface area (Å²) in [6, 6.07) is 7.69. The molecule has 0 aromatic heterocycles. The molecule has 0 spiro atoms. The number of Topliss-reactive ketones (excluding diaryl/α,β-unsaturated/α-hetero) is 1. The summed E-state index contributed by atoms with van der Waals surface area (Å²) in [6.45, 7) is 1.39. The molecule has 92 valence electrons. The lowest BCUT2D eigenvalue weighted by molar-refractivity contribution is 0.101. The minimum atomic E-state index is -0.539. The van der Waals surface area contributed by atoms with Crippen molar-refractivity contribution in [1.29, 1.82) is 0 Å². The van der Waals surface area contributed by atoms with Crippen molar-refractivity contribution in [3.8, 4) is 11.1 Å². The Balaban J connectivity index is 2.55. The van der Waals surface area contributed by atoms with Crippen LogP contribution in [0.3, 0.4) is 0 Å². The van der Waals surface area contributed by atoms with Crippen LogP contribution in [-0.2, 0) is 0 Å². The Morgan fingerprint density at radius 1 is 1.11 bits per heavy atom. The molecule has 2 rings (SSSR count). The zero-order chi connectivity index (χ0) is 13.3. The van der Waals surface area contributed by atoms with E-state index < -0.39 is 11.6 Å². The van der Waals surface area contributed by atoms with Gasteiger partial charge in [0.15, 0.2) is 5.78 Å². The van der Waals surface area contributed by atoms with Crippen molar-refractivity contribution in [2.75, 3.05) is 0 Å². The van der Waals surface area contributed by atoms with Crippen LogP contribution in [0.2, 0.25) is 5.02 Å². The third-order valence-electron chi connectivity index (χ3n) is 2.59. The topological polar surface area (TPSA) is 17.1 Å². The molecule has 0 atom stereocenters. The van der Waals surface area contributed by atoms with Gasteiger partial charge in [-0.25, -0.2) is 8.78 Å². The quantitative estimate of drug-likeness (QED) is 0.732. The molecule has 2 aromatic rings. The standard InChI is InChI=1S/C14H9ClF2O/c1-8(18)11-4-2-9(6-13(11)15)12-7-10(16)3-5-14(12)17/h2-7H,1H3. The molecule has 0 aliphatic rings. The molecule has 0 saturated heterocycles. The summed E-state index contributed by atoms with van der Waals surface area (Å²) in [4.78, 5) is 11.2. The Kier molecular flexibility index (Phi) is 3.43. The number of benzene rings is 2. The van der Waals surface area contributed by atoms with Gasteiger partial charge in [-0.1, -0.05) is 17.7 Å². The maximum absolute atomic E-state index is 13.6. The van der Waals surface area contributed by atoms with E-state index in [4.69, 9.17) is 11.6 Å². The van der Waals surface area contributed by atoms with E-state index in [1.54, 1.807) is 6.07 Å². The molecule has 4 heteroatoms. The van der Waals surface area contributed by atoms with Gasteiger partial charge in [-0.3, -0.25) is 4.79 Å². The molecule has 18 heavy (non-hydrogen) atoms. The first-order chi connectivity index (χ1) is 8.49. The predicted octanol–water partition coefficient (Wildman–Crippen LogP) is 4.49. The van der Waals surface area contributed by atoms with Crippen molar-refractivity contribution < 1.29 is 13.6 Å². The van der Waals surface area contributed by atoms with Crippen LogP contribution >= 0.6 is 11.6 Å². The number of ketones is 1. The lowest BCUT2D eigenvalue weighted by atomic mass is 10.0. The van der Waals surface area contributed by atoms with E-state index in [1.165, 1.54) is 19.1 Å². The average Bonchev–Trinajstić information content (AvgIpc) is 2.31. The molecular formula is C14H9ClF2O. The van der Waals surface area contributed by atoms with Gasteiger partial charge in [0.2, 0.25) is 0 Å². The van der Waals surface area contributed by atoms with Crippen molar-refractivity contribution in [2.45, 2.75) is 6.92 Å². The molecule has 0 radical (unpaired) electrons. The highest BCUT2D eigenvalue weighted by molar-refractivity contribution is 6.34. The molecule has 0 fully saturated rings. The smallest absolute Gasteiger partial charge is 0.161 e. The van der Waals surface area contributed by atoms with Gasteiger partial charge < -0.3 is 0 Å². The number of rotatable bonds is 2. The first kappa shape index (κ1) is 12.7. The molecule has 0 amide bonds. The Morgan fingerprint density at radius 2 is 1.83 bits per heavy atom. The first-order valence-corrected chi connectivity index (χ1v) is 5.63. The fraction of sp³-hybridized carbons (Fsp3) is 0.0714. The molecule has 0 heterocycles. The lowest BCUT2D eigenvalue weighted by Crippen LogP contribution is -1.94. The Hall–Kier alpha value is -1.74. The predicted molar refractivity (Wildman–Crippen MR) is 66.8 cm³/mol. The summed E-state index contributed by atoms with van der Waals surface area (Å²) < 4.78 is 26.7. The van der Waals surface area contributed by atoms with Crippen LogP contribution in [-0.4, -0.2) is 5.78 Å². The molecular weight excluding hydrogens is 258 g/mol. The summed E-state index contributed by atoms with van der Waals surface area (Å²) in [5.41, 5.74) is 0.909. The second-order valence-electron chi connectivity index (χ2n) is 3.87. The van der Waals surface area contributed by atoms with E-state index in [0.717, 1.165) is 18.2 Å². The van der Waals surface area contributed by atoms with Gasteiger partial charge in [0.25, 0.3) is 0 Å².